The van der Waals surface area contributed by atoms with Crippen molar-refractivity contribution in [2.45, 2.75) is 39.2 Å². The van der Waals surface area contributed by atoms with Crippen molar-refractivity contribution in [3.05, 3.63) is 45.4 Å². The van der Waals surface area contributed by atoms with Crippen molar-refractivity contribution in [1.29, 1.82) is 5.26 Å². The van der Waals surface area contributed by atoms with Crippen LogP contribution in [0.1, 0.15) is 34.0 Å². The number of anilines is 1. The molecule has 1 unspecified atom stereocenters. The molecule has 1 aromatic carbocycles. The minimum atomic E-state index is 0. The number of piperidine rings is 1. The van der Waals surface area contributed by atoms with Crippen LogP contribution in [-0.2, 0) is 6.42 Å². The molecule has 0 amide bonds. The third kappa shape index (κ3) is 6.31. The third-order valence-electron chi connectivity index (χ3n) is 5.00. The second-order valence-electron chi connectivity index (χ2n) is 7.05. The topological polar surface area (TPSA) is 76.3 Å². The number of aromatic nitrogens is 1. The maximum Gasteiger partial charge on any atom is 0.191 e. The standard InChI is InChI=1S/C21H28N6S.HI/c1-15-20(28-16(2)25-15)10-11-24-21(23-3)26-18-8-6-12-27(14-18)19-9-5-4-7-17(19)13-22;/h4-5,7,9,18H,6,8,10-12,14H2,1-3H3,(H2,23,24,26);1H. The Morgan fingerprint density at radius 3 is 2.86 bits per heavy atom. The van der Waals surface area contributed by atoms with E-state index in [9.17, 15) is 5.26 Å². The molecule has 6 nitrogen and oxygen atoms in total. The van der Waals surface area contributed by atoms with Gasteiger partial charge in [0.2, 0.25) is 0 Å². The molecule has 3 rings (SSSR count). The molecule has 29 heavy (non-hydrogen) atoms. The van der Waals surface area contributed by atoms with Gasteiger partial charge >= 0.3 is 0 Å². The van der Waals surface area contributed by atoms with Gasteiger partial charge in [-0.25, -0.2) is 4.98 Å². The van der Waals surface area contributed by atoms with E-state index in [1.54, 1.807) is 11.3 Å². The molecule has 156 valence electrons. The summed E-state index contributed by atoms with van der Waals surface area (Å²) in [5, 5.41) is 17.5. The molecule has 0 spiro atoms. The number of thiazole rings is 1. The van der Waals surface area contributed by atoms with Gasteiger partial charge in [0.1, 0.15) is 6.07 Å². The minimum absolute atomic E-state index is 0. The van der Waals surface area contributed by atoms with E-state index in [1.165, 1.54) is 4.88 Å². The molecular formula is C21H29IN6S. The highest BCUT2D eigenvalue weighted by Gasteiger charge is 2.22. The highest BCUT2D eigenvalue weighted by Crippen LogP contribution is 2.23. The lowest BCUT2D eigenvalue weighted by molar-refractivity contribution is 0.468. The Kier molecular flexibility index (Phi) is 9.17. The van der Waals surface area contributed by atoms with E-state index in [4.69, 9.17) is 0 Å². The zero-order chi connectivity index (χ0) is 19.9. The summed E-state index contributed by atoms with van der Waals surface area (Å²) in [5.74, 6) is 0.833. The van der Waals surface area contributed by atoms with Crippen LogP contribution < -0.4 is 15.5 Å². The fourth-order valence-corrected chi connectivity index (χ4v) is 4.58. The smallest absolute Gasteiger partial charge is 0.191 e. The van der Waals surface area contributed by atoms with Crippen LogP contribution in [0.4, 0.5) is 5.69 Å². The number of nitrogens with one attached hydrogen (secondary N) is 2. The highest BCUT2D eigenvalue weighted by molar-refractivity contribution is 14.0. The third-order valence-corrected chi connectivity index (χ3v) is 6.13. The number of guanidine groups is 1. The van der Waals surface area contributed by atoms with Gasteiger partial charge in [0.25, 0.3) is 0 Å². The average Bonchev–Trinajstić information content (AvgIpc) is 3.04. The number of aryl methyl sites for hydroxylation is 2. The van der Waals surface area contributed by atoms with E-state index < -0.39 is 0 Å². The quantitative estimate of drug-likeness (QED) is 0.355. The Morgan fingerprint density at radius 2 is 2.17 bits per heavy atom. The summed E-state index contributed by atoms with van der Waals surface area (Å²) in [6, 6.07) is 10.4. The lowest BCUT2D eigenvalue weighted by atomic mass is 10.0. The molecule has 1 fully saturated rings. The largest absolute Gasteiger partial charge is 0.368 e. The highest BCUT2D eigenvalue weighted by atomic mass is 127. The minimum Gasteiger partial charge on any atom is -0.368 e. The summed E-state index contributed by atoms with van der Waals surface area (Å²) in [6.45, 7) is 6.80. The van der Waals surface area contributed by atoms with Gasteiger partial charge in [-0.05, 0) is 38.8 Å². The molecular weight excluding hydrogens is 495 g/mol. The molecule has 0 radical (unpaired) electrons. The number of aliphatic imine (C=N–C) groups is 1. The Bertz CT molecular complexity index is 872. The molecule has 2 heterocycles. The van der Waals surface area contributed by atoms with E-state index >= 15 is 0 Å². The van der Waals surface area contributed by atoms with Crippen LogP contribution in [0.5, 0.6) is 0 Å². The first-order valence-electron chi connectivity index (χ1n) is 9.75. The second-order valence-corrected chi connectivity index (χ2v) is 8.34. The number of halogens is 1. The summed E-state index contributed by atoms with van der Waals surface area (Å²) in [6.07, 6.45) is 3.14. The van der Waals surface area contributed by atoms with Crippen molar-refractivity contribution < 1.29 is 0 Å². The number of rotatable bonds is 5. The number of nitrogens with zero attached hydrogens (tertiary/aromatic N) is 4. The second kappa shape index (κ2) is 11.4. The maximum absolute atomic E-state index is 9.39. The first kappa shape index (κ1) is 23.4. The Hall–Kier alpha value is -1.86. The van der Waals surface area contributed by atoms with Crippen LogP contribution in [0.3, 0.4) is 0 Å². The molecule has 1 atom stereocenters. The summed E-state index contributed by atoms with van der Waals surface area (Å²) in [5.41, 5.74) is 2.89. The molecule has 1 aromatic heterocycles. The number of hydrogen-bond donors (Lipinski definition) is 2. The van der Waals surface area contributed by atoms with Crippen LogP contribution in [0.2, 0.25) is 0 Å². The van der Waals surface area contributed by atoms with Crippen molar-refractivity contribution in [2.75, 3.05) is 31.6 Å². The number of para-hydroxylation sites is 1. The van der Waals surface area contributed by atoms with E-state index in [1.807, 2.05) is 38.2 Å². The predicted octanol–water partition coefficient (Wildman–Crippen LogP) is 3.63. The van der Waals surface area contributed by atoms with Crippen LogP contribution >= 0.6 is 35.3 Å². The van der Waals surface area contributed by atoms with Crippen LogP contribution in [0, 0.1) is 25.2 Å². The molecule has 0 bridgehead atoms. The molecule has 2 aromatic rings. The molecule has 1 aliphatic rings. The summed E-state index contributed by atoms with van der Waals surface area (Å²) < 4.78 is 0. The Morgan fingerprint density at radius 1 is 1.38 bits per heavy atom. The monoisotopic (exact) mass is 524 g/mol. The maximum atomic E-state index is 9.39. The van der Waals surface area contributed by atoms with Crippen molar-refractivity contribution in [2.24, 2.45) is 4.99 Å². The molecule has 1 aliphatic heterocycles. The van der Waals surface area contributed by atoms with Gasteiger partial charge in [0.15, 0.2) is 5.96 Å². The number of nitriles is 1. The number of hydrogen-bond acceptors (Lipinski definition) is 5. The van der Waals surface area contributed by atoms with Gasteiger partial charge in [-0.1, -0.05) is 12.1 Å². The van der Waals surface area contributed by atoms with Gasteiger partial charge in [-0.3, -0.25) is 4.99 Å². The molecule has 1 saturated heterocycles. The first-order chi connectivity index (χ1) is 13.6. The molecule has 2 N–H and O–H groups in total. The molecule has 8 heteroatoms. The predicted molar refractivity (Wildman–Crippen MR) is 132 cm³/mol. The summed E-state index contributed by atoms with van der Waals surface area (Å²) in [7, 11) is 1.81. The van der Waals surface area contributed by atoms with Gasteiger partial charge in [0, 0.05) is 44.0 Å². The Labute approximate surface area is 194 Å². The zero-order valence-corrected chi connectivity index (χ0v) is 20.4. The van der Waals surface area contributed by atoms with Gasteiger partial charge in [0.05, 0.1) is 22.0 Å². The van der Waals surface area contributed by atoms with Crippen LogP contribution in [-0.4, -0.2) is 43.7 Å². The van der Waals surface area contributed by atoms with Crippen molar-refractivity contribution in [3.8, 4) is 6.07 Å². The van der Waals surface area contributed by atoms with Crippen LogP contribution in [0.25, 0.3) is 0 Å². The van der Waals surface area contributed by atoms with E-state index in [2.05, 4.69) is 38.5 Å². The lowest BCUT2D eigenvalue weighted by Crippen LogP contribution is -2.51. The molecule has 0 saturated carbocycles. The zero-order valence-electron chi connectivity index (χ0n) is 17.2. The summed E-state index contributed by atoms with van der Waals surface area (Å²) >= 11 is 1.77. The summed E-state index contributed by atoms with van der Waals surface area (Å²) in [4.78, 5) is 12.5. The van der Waals surface area contributed by atoms with Gasteiger partial charge in [-0.2, -0.15) is 5.26 Å². The van der Waals surface area contributed by atoms with Crippen molar-refractivity contribution in [3.63, 3.8) is 0 Å². The van der Waals surface area contributed by atoms with Gasteiger partial charge in [-0.15, -0.1) is 35.3 Å². The van der Waals surface area contributed by atoms with E-state index in [0.717, 1.165) is 66.8 Å². The normalized spacial score (nSPS) is 16.7. The van der Waals surface area contributed by atoms with Crippen molar-refractivity contribution >= 4 is 47.0 Å². The van der Waals surface area contributed by atoms with Crippen molar-refractivity contribution in [1.82, 2.24) is 15.6 Å². The van der Waals surface area contributed by atoms with E-state index in [0.29, 0.717) is 6.04 Å². The Balaban J connectivity index is 0.00000300. The first-order valence-corrected chi connectivity index (χ1v) is 10.6. The lowest BCUT2D eigenvalue weighted by Gasteiger charge is -2.35. The fourth-order valence-electron chi connectivity index (χ4n) is 3.65. The number of benzene rings is 1. The average molecular weight is 524 g/mol. The van der Waals surface area contributed by atoms with E-state index in [-0.39, 0.29) is 24.0 Å². The molecule has 0 aliphatic carbocycles. The van der Waals surface area contributed by atoms with Crippen LogP contribution in [0.15, 0.2) is 29.3 Å². The van der Waals surface area contributed by atoms with Gasteiger partial charge < -0.3 is 15.5 Å². The fraction of sp³-hybridized carbons (Fsp3) is 0.476. The SMILES string of the molecule is CN=C(NCCc1sc(C)nc1C)NC1CCCN(c2ccccc2C#N)C1.I.